The highest BCUT2D eigenvalue weighted by molar-refractivity contribution is 6.04. The van der Waals surface area contributed by atoms with E-state index in [2.05, 4.69) is 75.2 Å². The van der Waals surface area contributed by atoms with E-state index in [0.717, 1.165) is 36.5 Å². The van der Waals surface area contributed by atoms with Gasteiger partial charge in [0.25, 0.3) is 5.91 Å². The molecular weight excluding hydrogens is 450 g/mol. The molecule has 1 aliphatic heterocycles. The van der Waals surface area contributed by atoms with Gasteiger partial charge in [0.2, 0.25) is 0 Å². The number of fused-ring (bicyclic) bond motifs is 1. The Bertz CT molecular complexity index is 1460. The Hall–Kier alpha value is -4.06. The summed E-state index contributed by atoms with van der Waals surface area (Å²) in [7, 11) is 4.28. The van der Waals surface area contributed by atoms with Gasteiger partial charge in [-0.2, -0.15) is 5.10 Å². The van der Waals surface area contributed by atoms with Gasteiger partial charge in [0.1, 0.15) is 5.69 Å². The topological polar surface area (TPSA) is 78.7 Å². The minimum atomic E-state index is -0.215. The van der Waals surface area contributed by atoms with Crippen LogP contribution in [0, 0.1) is 18.8 Å². The molecule has 0 bridgehead atoms. The number of pyridine rings is 1. The zero-order valence-electron chi connectivity index (χ0n) is 20.8. The normalized spacial score (nSPS) is 15.7. The molecule has 36 heavy (non-hydrogen) atoms. The number of rotatable bonds is 5. The Morgan fingerprint density at radius 3 is 2.89 bits per heavy atom. The lowest BCUT2D eigenvalue weighted by atomic mass is 10.1. The third kappa shape index (κ3) is 5.43. The van der Waals surface area contributed by atoms with Crippen LogP contribution in [0.2, 0.25) is 0 Å². The molecule has 1 aliphatic rings. The molecule has 8 nitrogen and oxygen atoms in total. The average molecular weight is 480 g/mol. The molecule has 4 aromatic rings. The second kappa shape index (κ2) is 10.3. The number of imidazole rings is 1. The summed E-state index contributed by atoms with van der Waals surface area (Å²) in [5.74, 6) is 5.92. The van der Waals surface area contributed by atoms with Crippen LogP contribution in [0.4, 0.5) is 5.69 Å². The number of hydrogen-bond donors (Lipinski definition) is 1. The lowest BCUT2D eigenvalue weighted by Crippen LogP contribution is -2.31. The van der Waals surface area contributed by atoms with Crippen LogP contribution in [0.25, 0.3) is 5.65 Å². The Morgan fingerprint density at radius 2 is 2.06 bits per heavy atom. The number of hydrogen-bond acceptors (Lipinski definition) is 6. The molecule has 4 heterocycles. The second-order valence-electron chi connectivity index (χ2n) is 9.45. The van der Waals surface area contributed by atoms with Gasteiger partial charge in [-0.05, 0) is 74.8 Å². The SMILES string of the molecule is Cc1cc(CN2CC[C@H](N(C)C)C2)cc(NC(=O)c2cncc(C#Cc3cnc4cccnn34)c2)c1. The van der Waals surface area contributed by atoms with E-state index in [4.69, 9.17) is 0 Å². The Morgan fingerprint density at radius 1 is 1.17 bits per heavy atom. The molecule has 8 heteroatoms. The van der Waals surface area contributed by atoms with Crippen molar-refractivity contribution >= 4 is 17.2 Å². The Kier molecular flexibility index (Phi) is 6.76. The van der Waals surface area contributed by atoms with E-state index in [9.17, 15) is 4.79 Å². The van der Waals surface area contributed by atoms with Gasteiger partial charge < -0.3 is 10.2 Å². The first-order valence-electron chi connectivity index (χ1n) is 12.0. The van der Waals surface area contributed by atoms with Crippen molar-refractivity contribution in [3.8, 4) is 11.8 Å². The molecule has 1 amide bonds. The number of carbonyl (C=O) groups is 1. The number of amides is 1. The number of anilines is 1. The van der Waals surface area contributed by atoms with Crippen LogP contribution >= 0.6 is 0 Å². The molecule has 182 valence electrons. The van der Waals surface area contributed by atoms with E-state index in [1.54, 1.807) is 35.4 Å². The van der Waals surface area contributed by atoms with Gasteiger partial charge in [0.05, 0.1) is 11.8 Å². The van der Waals surface area contributed by atoms with Crippen LogP contribution < -0.4 is 5.32 Å². The van der Waals surface area contributed by atoms with Gasteiger partial charge in [0, 0.05) is 55.5 Å². The van der Waals surface area contributed by atoms with Crippen molar-refractivity contribution in [2.75, 3.05) is 32.5 Å². The standard InChI is InChI=1S/C28H29N7O/c1-20-11-22(18-34-10-8-26(19-34)33(2)3)14-24(12-20)32-28(36)23-13-21(15-29-16-23)6-7-25-17-30-27-5-4-9-31-35(25)27/h4-5,9,11-17,26H,8,10,18-19H2,1-3H3,(H,32,36)/t26-/m0/s1. The highest BCUT2D eigenvalue weighted by Gasteiger charge is 2.23. The molecule has 0 aliphatic carbocycles. The maximum atomic E-state index is 13.0. The van der Waals surface area contributed by atoms with Crippen molar-refractivity contribution in [2.24, 2.45) is 0 Å². The van der Waals surface area contributed by atoms with Crippen molar-refractivity contribution in [1.29, 1.82) is 0 Å². The number of nitrogens with zero attached hydrogens (tertiary/aromatic N) is 6. The van der Waals surface area contributed by atoms with E-state index in [0.29, 0.717) is 22.9 Å². The summed E-state index contributed by atoms with van der Waals surface area (Å²) in [5.41, 5.74) is 5.59. The summed E-state index contributed by atoms with van der Waals surface area (Å²) >= 11 is 0. The maximum absolute atomic E-state index is 13.0. The summed E-state index contributed by atoms with van der Waals surface area (Å²) in [5, 5.41) is 7.30. The minimum Gasteiger partial charge on any atom is -0.322 e. The molecule has 0 saturated carbocycles. The largest absolute Gasteiger partial charge is 0.322 e. The van der Waals surface area contributed by atoms with Crippen LogP contribution in [0.15, 0.2) is 61.2 Å². The van der Waals surface area contributed by atoms with Crippen LogP contribution in [0.5, 0.6) is 0 Å². The van der Waals surface area contributed by atoms with E-state index in [1.165, 1.54) is 12.0 Å². The van der Waals surface area contributed by atoms with Gasteiger partial charge in [-0.25, -0.2) is 9.50 Å². The summed E-state index contributed by atoms with van der Waals surface area (Å²) in [6, 6.07) is 12.3. The fraction of sp³-hybridized carbons (Fsp3) is 0.286. The summed E-state index contributed by atoms with van der Waals surface area (Å²) in [6.45, 7) is 5.08. The first-order chi connectivity index (χ1) is 17.4. The Balaban J connectivity index is 1.28. The highest BCUT2D eigenvalue weighted by atomic mass is 16.1. The third-order valence-corrected chi connectivity index (χ3v) is 6.39. The minimum absolute atomic E-state index is 0.215. The number of nitrogens with one attached hydrogen (secondary N) is 1. The van der Waals surface area contributed by atoms with E-state index in [1.807, 2.05) is 18.2 Å². The van der Waals surface area contributed by atoms with Gasteiger partial charge in [0.15, 0.2) is 5.65 Å². The van der Waals surface area contributed by atoms with Crippen LogP contribution in [0.1, 0.15) is 39.2 Å². The molecule has 1 N–H and O–H groups in total. The van der Waals surface area contributed by atoms with Crippen LogP contribution in [-0.4, -0.2) is 68.5 Å². The lowest BCUT2D eigenvalue weighted by Gasteiger charge is -2.20. The summed E-state index contributed by atoms with van der Waals surface area (Å²) in [4.78, 5) is 26.3. The molecule has 0 unspecified atom stereocenters. The predicted octanol–water partition coefficient (Wildman–Crippen LogP) is 3.22. The zero-order chi connectivity index (χ0) is 25.1. The molecule has 3 aromatic heterocycles. The van der Waals surface area contributed by atoms with Gasteiger partial charge in [-0.15, -0.1) is 0 Å². The van der Waals surface area contributed by atoms with Gasteiger partial charge in [-0.1, -0.05) is 12.0 Å². The number of likely N-dealkylation sites (N-methyl/N-ethyl adjacent to an activating group) is 1. The second-order valence-corrected chi connectivity index (χ2v) is 9.45. The van der Waals surface area contributed by atoms with Crippen molar-refractivity contribution < 1.29 is 4.79 Å². The molecule has 1 fully saturated rings. The van der Waals surface area contributed by atoms with E-state index >= 15 is 0 Å². The van der Waals surface area contributed by atoms with Crippen LogP contribution in [-0.2, 0) is 6.54 Å². The predicted molar refractivity (Wildman–Crippen MR) is 140 cm³/mol. The van der Waals surface area contributed by atoms with Crippen molar-refractivity contribution in [3.05, 3.63) is 89.1 Å². The first-order valence-corrected chi connectivity index (χ1v) is 12.0. The van der Waals surface area contributed by atoms with E-state index in [-0.39, 0.29) is 5.91 Å². The quantitative estimate of drug-likeness (QED) is 0.443. The van der Waals surface area contributed by atoms with Crippen molar-refractivity contribution in [3.63, 3.8) is 0 Å². The smallest absolute Gasteiger partial charge is 0.257 e. The molecule has 0 spiro atoms. The zero-order valence-corrected chi connectivity index (χ0v) is 20.8. The molecular formula is C28H29N7O. The Labute approximate surface area is 211 Å². The highest BCUT2D eigenvalue weighted by Crippen LogP contribution is 2.21. The maximum Gasteiger partial charge on any atom is 0.257 e. The first kappa shape index (κ1) is 23.7. The monoisotopic (exact) mass is 479 g/mol. The molecule has 0 radical (unpaired) electrons. The molecule has 1 atom stereocenters. The van der Waals surface area contributed by atoms with Gasteiger partial charge in [-0.3, -0.25) is 14.7 Å². The van der Waals surface area contributed by atoms with Gasteiger partial charge >= 0.3 is 0 Å². The lowest BCUT2D eigenvalue weighted by molar-refractivity contribution is 0.102. The molecule has 5 rings (SSSR count). The number of aromatic nitrogens is 4. The average Bonchev–Trinajstić information content (AvgIpc) is 3.50. The van der Waals surface area contributed by atoms with Crippen LogP contribution in [0.3, 0.4) is 0 Å². The number of likely N-dealkylation sites (tertiary alicyclic amines) is 1. The third-order valence-electron chi connectivity index (χ3n) is 6.39. The summed E-state index contributed by atoms with van der Waals surface area (Å²) in [6.07, 6.45) is 7.75. The van der Waals surface area contributed by atoms with Crippen molar-refractivity contribution in [1.82, 2.24) is 29.4 Å². The molecule has 1 aromatic carbocycles. The molecule has 1 saturated heterocycles. The number of aryl methyl sites for hydroxylation is 1. The summed E-state index contributed by atoms with van der Waals surface area (Å²) < 4.78 is 1.68. The van der Waals surface area contributed by atoms with Crippen molar-refractivity contribution in [2.45, 2.75) is 25.9 Å². The number of benzene rings is 1. The van der Waals surface area contributed by atoms with E-state index < -0.39 is 0 Å². The number of carbonyl (C=O) groups excluding carboxylic acids is 1. The fourth-order valence-electron chi connectivity index (χ4n) is 4.55. The fourth-order valence-corrected chi connectivity index (χ4v) is 4.55.